The van der Waals surface area contributed by atoms with Gasteiger partial charge < -0.3 is 94.4 Å². The molecule has 0 unspecified atom stereocenters. The number of nitro benzene ring substituents is 2. The second-order valence-corrected chi connectivity index (χ2v) is 28.8. The molecule has 2 aliphatic heterocycles. The van der Waals surface area contributed by atoms with Gasteiger partial charge in [0.05, 0.1) is 36.0 Å². The predicted octanol–water partition coefficient (Wildman–Crippen LogP) is 0.327. The first-order chi connectivity index (χ1) is 55.8. The summed E-state index contributed by atoms with van der Waals surface area (Å²) < 4.78 is 10.6. The van der Waals surface area contributed by atoms with Gasteiger partial charge in [0.15, 0.2) is 0 Å². The van der Waals surface area contributed by atoms with E-state index in [1.807, 2.05) is 0 Å². The molecular weight excluding hydrogens is 1530 g/mol. The highest BCUT2D eigenvalue weighted by molar-refractivity contribution is 6.00. The fourth-order valence-corrected chi connectivity index (χ4v) is 13.6. The van der Waals surface area contributed by atoms with E-state index in [2.05, 4.69) is 53.2 Å². The number of methoxy groups -OCH3 is 1. The van der Waals surface area contributed by atoms with E-state index in [0.717, 1.165) is 12.1 Å². The predicted molar refractivity (Wildman–Crippen MR) is 421 cm³/mol. The fourth-order valence-electron chi connectivity index (χ4n) is 13.6. The molecule has 17 N–H and O–H groups in total. The summed E-state index contributed by atoms with van der Waals surface area (Å²) in [5.74, 6) is -12.5. The van der Waals surface area contributed by atoms with Gasteiger partial charge in [-0.2, -0.15) is 0 Å². The van der Waals surface area contributed by atoms with E-state index in [9.17, 15) is 97.3 Å². The van der Waals surface area contributed by atoms with Gasteiger partial charge >= 0.3 is 11.6 Å². The number of carbonyl (C=O) groups excluding carboxylic acids is 13. The molecule has 2 saturated heterocycles. The number of nitrogens with one attached hydrogen (secondary N) is 10. The molecule has 2 aliphatic rings. The lowest BCUT2D eigenvalue weighted by atomic mass is 10.0. The Morgan fingerprint density at radius 1 is 0.573 bits per heavy atom. The summed E-state index contributed by atoms with van der Waals surface area (Å²) in [4.78, 5) is 231. The first kappa shape index (κ1) is 91.2. The van der Waals surface area contributed by atoms with Crippen LogP contribution in [0, 0.1) is 26.1 Å². The van der Waals surface area contributed by atoms with Crippen molar-refractivity contribution in [2.75, 3.05) is 51.7 Å². The number of hydrogen-bond acceptors (Lipinski definition) is 23. The molecule has 3 heterocycles. The van der Waals surface area contributed by atoms with Crippen molar-refractivity contribution in [3.05, 3.63) is 150 Å². The molecule has 630 valence electrons. The van der Waals surface area contributed by atoms with E-state index in [1.165, 1.54) is 35.1 Å². The second-order valence-electron chi connectivity index (χ2n) is 28.8. The van der Waals surface area contributed by atoms with Crippen LogP contribution in [-0.4, -0.2) is 208 Å². The van der Waals surface area contributed by atoms with Crippen LogP contribution < -0.4 is 80.7 Å². The highest BCUT2D eigenvalue weighted by Crippen LogP contribution is 2.30. The lowest BCUT2D eigenvalue weighted by molar-refractivity contribution is -0.393. The van der Waals surface area contributed by atoms with Crippen molar-refractivity contribution in [2.24, 2.45) is 23.1 Å². The molecule has 13 amide bonds. The third kappa shape index (κ3) is 28.5. The van der Waals surface area contributed by atoms with Gasteiger partial charge in [-0.05, 0) is 131 Å². The number of carboxylic acids is 1. The zero-order chi connectivity index (χ0) is 85.4. The van der Waals surface area contributed by atoms with Crippen LogP contribution in [0.4, 0.5) is 17.1 Å². The third-order valence-electron chi connectivity index (χ3n) is 19.6. The minimum Gasteiger partial charge on any atom is -0.497 e. The normalized spacial score (nSPS) is 15.5. The van der Waals surface area contributed by atoms with Crippen molar-refractivity contribution in [1.29, 1.82) is 0 Å². The van der Waals surface area contributed by atoms with Gasteiger partial charge in [-0.1, -0.05) is 74.5 Å². The highest BCUT2D eigenvalue weighted by Gasteiger charge is 2.42. The smallest absolute Gasteiger partial charge is 0.336 e. The summed E-state index contributed by atoms with van der Waals surface area (Å²) in [5.41, 5.74) is 16.7. The number of ether oxygens (including phenoxy) is 1. The van der Waals surface area contributed by atoms with Gasteiger partial charge in [-0.3, -0.25) is 87.4 Å². The molecule has 4 aromatic carbocycles. The number of carboxylic acid groups (broad SMARTS) is 1. The molecule has 0 spiro atoms. The van der Waals surface area contributed by atoms with Gasteiger partial charge in [0, 0.05) is 68.9 Å². The molecule has 1 aromatic heterocycles. The number of non-ortho nitro benzene ring substituents is 1. The number of nitro groups is 2. The zero-order valence-corrected chi connectivity index (χ0v) is 65.1. The Morgan fingerprint density at radius 2 is 1.09 bits per heavy atom. The molecule has 39 nitrogen and oxygen atoms in total. The first-order valence-electron chi connectivity index (χ1n) is 38.4. The molecule has 39 heteroatoms. The van der Waals surface area contributed by atoms with Crippen molar-refractivity contribution >= 4 is 111 Å². The summed E-state index contributed by atoms with van der Waals surface area (Å²) >= 11 is 0. The third-order valence-corrected chi connectivity index (χ3v) is 19.6. The van der Waals surface area contributed by atoms with Crippen LogP contribution in [0.25, 0.3) is 11.0 Å². The Bertz CT molecular complexity index is 4470. The number of likely N-dealkylation sites (tertiary alicyclic amines) is 2. The molecule has 7 rings (SSSR count). The molecule has 0 bridgehead atoms. The van der Waals surface area contributed by atoms with Crippen molar-refractivity contribution < 1.29 is 91.2 Å². The number of aliphatic carboxylic acids is 1. The topological polar surface area (TPSA) is 590 Å². The number of primary amides is 2. The fraction of sp³-hybridized carbons (Fsp3) is 0.474. The summed E-state index contributed by atoms with van der Waals surface area (Å²) in [6, 6.07) is 12.9. The van der Waals surface area contributed by atoms with Gasteiger partial charge in [0.1, 0.15) is 77.9 Å². The first-order valence-corrected chi connectivity index (χ1v) is 38.4. The number of amides is 13. The van der Waals surface area contributed by atoms with Crippen LogP contribution in [0.2, 0.25) is 0 Å². The maximum Gasteiger partial charge on any atom is 0.336 e. The van der Waals surface area contributed by atoms with E-state index in [4.69, 9.17) is 26.4 Å². The van der Waals surface area contributed by atoms with Crippen LogP contribution in [0.5, 0.6) is 5.75 Å². The Hall–Kier alpha value is -13.0. The van der Waals surface area contributed by atoms with Gasteiger partial charge in [-0.25, -0.2) is 4.79 Å². The number of rotatable bonds is 47. The van der Waals surface area contributed by atoms with E-state index < -0.39 is 203 Å². The average molecular weight is 1630 g/mol. The van der Waals surface area contributed by atoms with Crippen LogP contribution >= 0.6 is 0 Å². The van der Waals surface area contributed by atoms with E-state index in [1.54, 1.807) is 86.6 Å². The van der Waals surface area contributed by atoms with Crippen LogP contribution in [0.15, 0.2) is 112 Å². The number of carbonyl (C=O) groups is 14. The number of anilines is 1. The maximum atomic E-state index is 14.9. The van der Waals surface area contributed by atoms with Crippen LogP contribution in [-0.2, 0) is 86.4 Å². The van der Waals surface area contributed by atoms with E-state index in [-0.39, 0.29) is 114 Å². The van der Waals surface area contributed by atoms with Gasteiger partial charge in [0.2, 0.25) is 76.8 Å². The Morgan fingerprint density at radius 3 is 1.65 bits per heavy atom. The molecule has 9 atom stereocenters. The number of unbranched alkanes of at least 4 members (excludes halogenated alkanes) is 2. The average Bonchev–Trinajstić information content (AvgIpc) is 1.76. The lowest BCUT2D eigenvalue weighted by Gasteiger charge is -2.31. The summed E-state index contributed by atoms with van der Waals surface area (Å²) in [6.45, 7) is 2.36. The minimum atomic E-state index is -1.72. The number of nitrogens with two attached hydrogens (primary N) is 3. The number of hydrogen-bond donors (Lipinski definition) is 14. The quantitative estimate of drug-likeness (QED) is 0.0108. The van der Waals surface area contributed by atoms with Gasteiger partial charge in [0.25, 0.3) is 11.4 Å². The molecular formula is C78H101N17O22. The van der Waals surface area contributed by atoms with Crippen molar-refractivity contribution in [1.82, 2.24) is 57.7 Å². The highest BCUT2D eigenvalue weighted by atomic mass is 16.6. The number of benzene rings is 4. The summed E-state index contributed by atoms with van der Waals surface area (Å²) in [6.07, 6.45) is -0.549. The second kappa shape index (κ2) is 45.2. The summed E-state index contributed by atoms with van der Waals surface area (Å²) in [7, 11) is 1.45. The van der Waals surface area contributed by atoms with Crippen LogP contribution in [0.1, 0.15) is 127 Å². The largest absolute Gasteiger partial charge is 0.497 e. The molecule has 0 aliphatic carbocycles. The maximum absolute atomic E-state index is 14.9. The Kier molecular flexibility index (Phi) is 35.2. The van der Waals surface area contributed by atoms with Gasteiger partial charge in [-0.15, -0.1) is 0 Å². The van der Waals surface area contributed by atoms with Crippen LogP contribution in [0.3, 0.4) is 0 Å². The minimum absolute atomic E-state index is 0.0219. The number of fused-ring (bicyclic) bond motifs is 1. The van der Waals surface area contributed by atoms with E-state index in [0.29, 0.717) is 47.1 Å². The Balaban J connectivity index is 1.03. The Labute approximate surface area is 671 Å². The zero-order valence-electron chi connectivity index (χ0n) is 65.1. The summed E-state index contributed by atoms with van der Waals surface area (Å²) in [5, 5.41) is 58.6. The van der Waals surface area contributed by atoms with Crippen molar-refractivity contribution in [3.63, 3.8) is 0 Å². The molecule has 0 radical (unpaired) electrons. The monoisotopic (exact) mass is 1630 g/mol. The lowest BCUT2D eigenvalue weighted by Crippen LogP contribution is -2.60. The van der Waals surface area contributed by atoms with Crippen molar-refractivity contribution in [2.45, 2.75) is 184 Å². The molecule has 2 fully saturated rings. The SMILES string of the molecule is COc1ccc2c(CC(=O)N3CCC[C@H]3C(=O)N[C@@H](CCCCN)C(=O)N3CCC[C@H]3C(=O)N[C@@H](CCC(N)=O)C(=O)N[C@@H](CCC(N)=O)C(=O)N[C@@H](Cc3ccccc3)C(=O)N[C@@H](Cc3ccccc3)C(=O)NCC(=O)N[C@@H](CC(C)C)C(=O)N[C@@H](CCCCNc3ccc([N+](=O)[O-])cc3[N+](=O)[O-])C(=O)NCC(=O)O)cc(=O)oc2c1. The van der Waals surface area contributed by atoms with E-state index >= 15 is 0 Å². The molecule has 0 saturated carbocycles. The molecule has 5 aromatic rings. The number of nitrogens with zero attached hydrogens (tertiary/aromatic N) is 4. The standard InChI is InChI=1S/C78H101N17O22/c1-45(2)36-57(74(107)86-53(70(103)84-44-68(100)101)20-11-13-33-82-52-27-24-49(94(112)113)41-62(52)95(114)115)85-66(98)43-83-71(104)58(37-46-16-6-4-7-17-46)90-75(108)59(38-47-18-8-5-9-19-47)91-73(106)54(28-30-64(80)96)87-72(105)55(29-31-65(81)97)88-77(110)61-23-15-35-93(61)78(111)56(21-10-12-32-79)89-76(109)60-22-14-34-92(60)67(99)39-48-40-69(102)117-63-42-50(116-3)25-26-51(48)63/h4-9,16-19,24-27,40-42,45,53-61,82H,10-15,20-23,28-39,43-44,79H2,1-3H3,(H2,80,96)(H2,81,97)(H,83,104)(H,84,103)(H,85,98)(H,86,107)(H,87,105)(H,88,110)(H,89,109)(H,90,108)(H,91,106)(H,100,101)/t53-,54-,55-,56-,57-,58-,59-,60-,61-/m0/s1. The molecule has 117 heavy (non-hydrogen) atoms. The van der Waals surface area contributed by atoms with Crippen molar-refractivity contribution in [3.8, 4) is 5.75 Å².